The fourth-order valence-corrected chi connectivity index (χ4v) is 2.35. The number of hydrogen-bond donors (Lipinski definition) is 0. The molecular weight excluding hydrogens is 222 g/mol. The van der Waals surface area contributed by atoms with Crippen LogP contribution >= 0.6 is 11.6 Å². The number of rotatable bonds is 2. The maximum atomic E-state index is 6.01. The predicted molar refractivity (Wildman–Crippen MR) is 67.0 cm³/mol. The Labute approximate surface area is 102 Å². The van der Waals surface area contributed by atoms with E-state index in [0.29, 0.717) is 5.15 Å². The molecule has 4 heteroatoms. The first-order valence-corrected chi connectivity index (χ1v) is 6.35. The van der Waals surface area contributed by atoms with Crippen LogP contribution in [0.2, 0.25) is 5.15 Å². The summed E-state index contributed by atoms with van der Waals surface area (Å²) < 4.78 is 0. The molecule has 0 spiro atoms. The maximum Gasteiger partial charge on any atom is 0.226 e. The summed E-state index contributed by atoms with van der Waals surface area (Å²) in [4.78, 5) is 11.1. The molecule has 0 aromatic carbocycles. The number of piperidine rings is 1. The van der Waals surface area contributed by atoms with Gasteiger partial charge >= 0.3 is 0 Å². The van der Waals surface area contributed by atoms with E-state index < -0.39 is 0 Å². The lowest BCUT2D eigenvalue weighted by Gasteiger charge is -2.31. The molecule has 1 aliphatic rings. The van der Waals surface area contributed by atoms with Crippen molar-refractivity contribution >= 4 is 17.5 Å². The SMILES string of the molecule is CCc1cc(Cl)nc(N2CCCC(C)C2)n1. The van der Waals surface area contributed by atoms with E-state index in [9.17, 15) is 0 Å². The summed E-state index contributed by atoms with van der Waals surface area (Å²) >= 11 is 6.01. The van der Waals surface area contributed by atoms with Gasteiger partial charge in [0.25, 0.3) is 0 Å². The lowest BCUT2D eigenvalue weighted by atomic mass is 10.0. The Balaban J connectivity index is 2.21. The molecule has 0 aliphatic carbocycles. The van der Waals surface area contributed by atoms with E-state index >= 15 is 0 Å². The van der Waals surface area contributed by atoms with E-state index in [4.69, 9.17) is 11.6 Å². The zero-order valence-corrected chi connectivity index (χ0v) is 10.7. The second kappa shape index (κ2) is 5.00. The first kappa shape index (κ1) is 11.6. The smallest absolute Gasteiger partial charge is 0.226 e. The largest absolute Gasteiger partial charge is 0.341 e. The summed E-state index contributed by atoms with van der Waals surface area (Å²) in [5.41, 5.74) is 1.02. The molecule has 2 rings (SSSR count). The highest BCUT2D eigenvalue weighted by atomic mass is 35.5. The van der Waals surface area contributed by atoms with Crippen molar-refractivity contribution in [3.8, 4) is 0 Å². The molecule has 0 amide bonds. The predicted octanol–water partition coefficient (Wildman–Crippen LogP) is 2.93. The fourth-order valence-electron chi connectivity index (χ4n) is 2.14. The number of aromatic nitrogens is 2. The van der Waals surface area contributed by atoms with E-state index in [1.54, 1.807) is 0 Å². The maximum absolute atomic E-state index is 6.01. The summed E-state index contributed by atoms with van der Waals surface area (Å²) in [7, 11) is 0. The Kier molecular flexibility index (Phi) is 3.64. The van der Waals surface area contributed by atoms with Gasteiger partial charge in [-0.25, -0.2) is 9.97 Å². The van der Waals surface area contributed by atoms with Gasteiger partial charge in [-0.05, 0) is 31.2 Å². The van der Waals surface area contributed by atoms with Crippen molar-refractivity contribution in [1.82, 2.24) is 9.97 Å². The number of hydrogen-bond acceptors (Lipinski definition) is 3. The lowest BCUT2D eigenvalue weighted by molar-refractivity contribution is 0.441. The molecule has 3 nitrogen and oxygen atoms in total. The highest BCUT2D eigenvalue weighted by molar-refractivity contribution is 6.29. The van der Waals surface area contributed by atoms with E-state index in [0.717, 1.165) is 37.1 Å². The van der Waals surface area contributed by atoms with Gasteiger partial charge in [0.15, 0.2) is 0 Å². The van der Waals surface area contributed by atoms with Crippen LogP contribution in [0.25, 0.3) is 0 Å². The summed E-state index contributed by atoms with van der Waals surface area (Å²) in [6, 6.07) is 1.85. The molecule has 1 aromatic rings. The summed E-state index contributed by atoms with van der Waals surface area (Å²) in [6.45, 7) is 6.45. The van der Waals surface area contributed by atoms with Crippen LogP contribution in [-0.4, -0.2) is 23.1 Å². The monoisotopic (exact) mass is 239 g/mol. The molecule has 1 fully saturated rings. The second-order valence-electron chi connectivity index (χ2n) is 4.53. The van der Waals surface area contributed by atoms with Crippen molar-refractivity contribution in [2.45, 2.75) is 33.1 Å². The summed E-state index contributed by atoms with van der Waals surface area (Å²) in [6.07, 6.45) is 3.43. The number of nitrogens with zero attached hydrogens (tertiary/aromatic N) is 3. The topological polar surface area (TPSA) is 29.0 Å². The molecular formula is C12H18ClN3. The van der Waals surface area contributed by atoms with Crippen LogP contribution in [0, 0.1) is 5.92 Å². The number of halogens is 1. The van der Waals surface area contributed by atoms with Gasteiger partial charge in [-0.15, -0.1) is 0 Å². The van der Waals surface area contributed by atoms with E-state index in [-0.39, 0.29) is 0 Å². The normalized spacial score (nSPS) is 21.2. The standard InChI is InChI=1S/C12H18ClN3/c1-3-10-7-11(13)15-12(14-10)16-6-4-5-9(2)8-16/h7,9H,3-6,8H2,1-2H3. The third kappa shape index (κ3) is 2.64. The zero-order valence-electron chi connectivity index (χ0n) is 9.91. The zero-order chi connectivity index (χ0) is 11.5. The van der Waals surface area contributed by atoms with Gasteiger partial charge in [-0.3, -0.25) is 0 Å². The van der Waals surface area contributed by atoms with Crippen molar-refractivity contribution in [3.63, 3.8) is 0 Å². The average Bonchev–Trinajstić information content (AvgIpc) is 2.28. The van der Waals surface area contributed by atoms with Crippen LogP contribution in [0.1, 0.15) is 32.4 Å². The van der Waals surface area contributed by atoms with Gasteiger partial charge in [0.2, 0.25) is 5.95 Å². The minimum absolute atomic E-state index is 0.556. The molecule has 0 saturated carbocycles. The van der Waals surface area contributed by atoms with E-state index in [1.807, 2.05) is 6.07 Å². The van der Waals surface area contributed by atoms with Crippen molar-refractivity contribution in [2.75, 3.05) is 18.0 Å². The van der Waals surface area contributed by atoms with Crippen LogP contribution in [0.3, 0.4) is 0 Å². The first-order chi connectivity index (χ1) is 7.69. The quantitative estimate of drug-likeness (QED) is 0.744. The third-order valence-corrected chi connectivity index (χ3v) is 3.23. The Morgan fingerprint density at radius 2 is 2.31 bits per heavy atom. The third-order valence-electron chi connectivity index (χ3n) is 3.04. The molecule has 88 valence electrons. The number of anilines is 1. The van der Waals surface area contributed by atoms with Gasteiger partial charge in [0.1, 0.15) is 5.15 Å². The highest BCUT2D eigenvalue weighted by Crippen LogP contribution is 2.21. The van der Waals surface area contributed by atoms with Gasteiger partial charge in [-0.1, -0.05) is 25.4 Å². The van der Waals surface area contributed by atoms with Gasteiger partial charge in [0, 0.05) is 18.8 Å². The molecule has 16 heavy (non-hydrogen) atoms. The van der Waals surface area contributed by atoms with Crippen LogP contribution < -0.4 is 4.90 Å². The van der Waals surface area contributed by atoms with Crippen LogP contribution in [0.4, 0.5) is 5.95 Å². The molecule has 1 unspecified atom stereocenters. The molecule has 0 radical (unpaired) electrons. The van der Waals surface area contributed by atoms with Gasteiger partial charge in [0.05, 0.1) is 0 Å². The van der Waals surface area contributed by atoms with E-state index in [2.05, 4.69) is 28.7 Å². The van der Waals surface area contributed by atoms with Crippen LogP contribution in [0.15, 0.2) is 6.07 Å². The summed E-state index contributed by atoms with van der Waals surface area (Å²) in [5, 5.41) is 0.556. The molecule has 1 saturated heterocycles. The minimum atomic E-state index is 0.556. The van der Waals surface area contributed by atoms with Crippen molar-refractivity contribution in [3.05, 3.63) is 16.9 Å². The van der Waals surface area contributed by atoms with Gasteiger partial charge < -0.3 is 4.90 Å². The Morgan fingerprint density at radius 3 is 3.00 bits per heavy atom. The first-order valence-electron chi connectivity index (χ1n) is 5.97. The second-order valence-corrected chi connectivity index (χ2v) is 4.92. The minimum Gasteiger partial charge on any atom is -0.341 e. The molecule has 0 N–H and O–H groups in total. The molecule has 1 aliphatic heterocycles. The Morgan fingerprint density at radius 1 is 1.50 bits per heavy atom. The lowest BCUT2D eigenvalue weighted by Crippen LogP contribution is -2.35. The van der Waals surface area contributed by atoms with Crippen molar-refractivity contribution in [1.29, 1.82) is 0 Å². The summed E-state index contributed by atoms with van der Waals surface area (Å²) in [5.74, 6) is 1.53. The highest BCUT2D eigenvalue weighted by Gasteiger charge is 2.19. The Hall–Kier alpha value is -0.830. The van der Waals surface area contributed by atoms with Gasteiger partial charge in [-0.2, -0.15) is 0 Å². The fraction of sp³-hybridized carbons (Fsp3) is 0.667. The molecule has 1 aromatic heterocycles. The van der Waals surface area contributed by atoms with Crippen LogP contribution in [0.5, 0.6) is 0 Å². The molecule has 2 heterocycles. The van der Waals surface area contributed by atoms with E-state index in [1.165, 1.54) is 12.8 Å². The Bertz CT molecular complexity index is 367. The van der Waals surface area contributed by atoms with Crippen molar-refractivity contribution in [2.24, 2.45) is 5.92 Å². The number of aryl methyl sites for hydroxylation is 1. The average molecular weight is 240 g/mol. The molecule has 0 bridgehead atoms. The molecule has 1 atom stereocenters. The van der Waals surface area contributed by atoms with Crippen molar-refractivity contribution < 1.29 is 0 Å². The van der Waals surface area contributed by atoms with Crippen LogP contribution in [-0.2, 0) is 6.42 Å².